The Labute approximate surface area is 144 Å². The van der Waals surface area contributed by atoms with Crippen LogP contribution in [0, 0.1) is 24.0 Å². The zero-order chi connectivity index (χ0) is 17.9. The fraction of sp³-hybridized carbons (Fsp3) is 0.235. The number of non-ortho nitro benzene ring substituents is 1. The number of hydrogen-bond donors (Lipinski definition) is 1. The molecule has 0 aliphatic carbocycles. The van der Waals surface area contributed by atoms with Crippen LogP contribution >= 0.6 is 11.6 Å². The number of halogens is 1. The Hall–Kier alpha value is -2.60. The Kier molecular flexibility index (Phi) is 5.41. The quantitative estimate of drug-likeness (QED) is 0.646. The van der Waals surface area contributed by atoms with Gasteiger partial charge in [-0.25, -0.2) is 0 Å². The van der Waals surface area contributed by atoms with Crippen LogP contribution in [0.25, 0.3) is 0 Å². The number of benzene rings is 2. The van der Waals surface area contributed by atoms with Crippen LogP contribution < -0.4 is 10.1 Å². The molecule has 126 valence electrons. The molecule has 0 heterocycles. The van der Waals surface area contributed by atoms with E-state index in [9.17, 15) is 14.9 Å². The van der Waals surface area contributed by atoms with E-state index in [1.807, 2.05) is 6.92 Å². The van der Waals surface area contributed by atoms with Gasteiger partial charge in [-0.3, -0.25) is 14.9 Å². The van der Waals surface area contributed by atoms with Crippen molar-refractivity contribution in [2.24, 2.45) is 0 Å². The van der Waals surface area contributed by atoms with Crippen LogP contribution in [0.5, 0.6) is 5.75 Å². The minimum atomic E-state index is -0.736. The van der Waals surface area contributed by atoms with Gasteiger partial charge in [0.2, 0.25) is 0 Å². The molecular formula is C17H17ClN2O4. The van der Waals surface area contributed by atoms with Crippen molar-refractivity contribution < 1.29 is 14.5 Å². The highest BCUT2D eigenvalue weighted by atomic mass is 35.5. The number of aryl methyl sites for hydroxylation is 2. The monoisotopic (exact) mass is 348 g/mol. The van der Waals surface area contributed by atoms with E-state index in [1.54, 1.807) is 32.0 Å². The highest BCUT2D eigenvalue weighted by Gasteiger charge is 2.17. The van der Waals surface area contributed by atoms with Crippen LogP contribution in [0.3, 0.4) is 0 Å². The molecule has 1 atom stereocenters. The predicted octanol–water partition coefficient (Wildman–Crippen LogP) is 4.27. The summed E-state index contributed by atoms with van der Waals surface area (Å²) in [5, 5.41) is 14.1. The summed E-state index contributed by atoms with van der Waals surface area (Å²) in [6.45, 7) is 5.16. The lowest BCUT2D eigenvalue weighted by molar-refractivity contribution is -0.384. The minimum absolute atomic E-state index is 0.0218. The Morgan fingerprint density at radius 1 is 1.21 bits per heavy atom. The number of nitrogens with zero attached hydrogens (tertiary/aromatic N) is 1. The first-order valence-electron chi connectivity index (χ1n) is 7.26. The van der Waals surface area contributed by atoms with E-state index in [4.69, 9.17) is 16.3 Å². The highest BCUT2D eigenvalue weighted by molar-refractivity contribution is 6.31. The fourth-order valence-corrected chi connectivity index (χ4v) is 2.20. The molecule has 0 fully saturated rings. The second-order valence-corrected chi connectivity index (χ2v) is 5.82. The number of anilines is 1. The molecular weight excluding hydrogens is 332 g/mol. The van der Waals surface area contributed by atoms with Crippen molar-refractivity contribution >= 4 is 28.9 Å². The van der Waals surface area contributed by atoms with Gasteiger partial charge >= 0.3 is 0 Å². The van der Waals surface area contributed by atoms with Crippen molar-refractivity contribution in [1.29, 1.82) is 0 Å². The van der Waals surface area contributed by atoms with Gasteiger partial charge in [-0.05, 0) is 56.2 Å². The summed E-state index contributed by atoms with van der Waals surface area (Å²) in [6, 6.07) is 9.40. The molecule has 7 heteroatoms. The second-order valence-electron chi connectivity index (χ2n) is 5.42. The number of nitro benzene ring substituents is 1. The maximum atomic E-state index is 12.2. The van der Waals surface area contributed by atoms with Crippen LogP contribution in [-0.2, 0) is 4.79 Å². The number of hydrogen-bond acceptors (Lipinski definition) is 4. The number of nitrogens with one attached hydrogen (secondary N) is 1. The standard InChI is InChI=1S/C17H17ClN2O4/c1-10-9-14(5-6-15(10)18)24-12(3)17(21)19-16-7-4-13(20(22)23)8-11(16)2/h4-9,12H,1-3H3,(H,19,21). The lowest BCUT2D eigenvalue weighted by Gasteiger charge is -2.16. The maximum absolute atomic E-state index is 12.2. The zero-order valence-electron chi connectivity index (χ0n) is 13.5. The average Bonchev–Trinajstić information content (AvgIpc) is 2.52. The van der Waals surface area contributed by atoms with Crippen molar-refractivity contribution in [1.82, 2.24) is 0 Å². The van der Waals surface area contributed by atoms with E-state index in [0.29, 0.717) is 22.0 Å². The summed E-state index contributed by atoms with van der Waals surface area (Å²) in [7, 11) is 0. The van der Waals surface area contributed by atoms with Gasteiger partial charge in [0.05, 0.1) is 4.92 Å². The Morgan fingerprint density at radius 2 is 1.92 bits per heavy atom. The van der Waals surface area contributed by atoms with Crippen molar-refractivity contribution in [2.75, 3.05) is 5.32 Å². The number of nitro groups is 1. The molecule has 1 N–H and O–H groups in total. The van der Waals surface area contributed by atoms with Crippen LogP contribution in [0.1, 0.15) is 18.1 Å². The highest BCUT2D eigenvalue weighted by Crippen LogP contribution is 2.23. The lowest BCUT2D eigenvalue weighted by atomic mass is 10.1. The molecule has 2 aromatic carbocycles. The van der Waals surface area contributed by atoms with Crippen LogP contribution in [0.4, 0.5) is 11.4 Å². The second kappa shape index (κ2) is 7.31. The normalized spacial score (nSPS) is 11.7. The molecule has 0 bridgehead atoms. The summed E-state index contributed by atoms with van der Waals surface area (Å²) in [6.07, 6.45) is -0.736. The molecule has 0 radical (unpaired) electrons. The molecule has 0 aromatic heterocycles. The van der Waals surface area contributed by atoms with E-state index in [0.717, 1.165) is 5.56 Å². The number of ether oxygens (including phenoxy) is 1. The van der Waals surface area contributed by atoms with E-state index in [2.05, 4.69) is 5.32 Å². The van der Waals surface area contributed by atoms with Gasteiger partial charge in [-0.2, -0.15) is 0 Å². The summed E-state index contributed by atoms with van der Waals surface area (Å²) in [5.41, 5.74) is 1.94. The van der Waals surface area contributed by atoms with Gasteiger partial charge in [-0.1, -0.05) is 11.6 Å². The van der Waals surface area contributed by atoms with Crippen molar-refractivity contribution in [2.45, 2.75) is 26.9 Å². The molecule has 6 nitrogen and oxygen atoms in total. The first kappa shape index (κ1) is 17.7. The summed E-state index contributed by atoms with van der Waals surface area (Å²) < 4.78 is 5.61. The maximum Gasteiger partial charge on any atom is 0.269 e. The predicted molar refractivity (Wildman–Crippen MR) is 92.7 cm³/mol. The van der Waals surface area contributed by atoms with Crippen molar-refractivity contribution in [3.63, 3.8) is 0 Å². The van der Waals surface area contributed by atoms with Gasteiger partial charge in [0, 0.05) is 22.8 Å². The number of rotatable bonds is 5. The number of amides is 1. The van der Waals surface area contributed by atoms with Crippen LogP contribution in [-0.4, -0.2) is 16.9 Å². The molecule has 0 saturated heterocycles. The Morgan fingerprint density at radius 3 is 2.50 bits per heavy atom. The third-order valence-corrected chi connectivity index (χ3v) is 3.91. The summed E-state index contributed by atoms with van der Waals surface area (Å²) in [5.74, 6) is 0.194. The molecule has 0 aliphatic heterocycles. The zero-order valence-corrected chi connectivity index (χ0v) is 14.3. The van der Waals surface area contributed by atoms with Gasteiger partial charge in [-0.15, -0.1) is 0 Å². The lowest BCUT2D eigenvalue weighted by Crippen LogP contribution is -2.30. The Bertz CT molecular complexity index is 792. The van der Waals surface area contributed by atoms with Crippen LogP contribution in [0.2, 0.25) is 5.02 Å². The number of carbonyl (C=O) groups is 1. The van der Waals surface area contributed by atoms with Crippen molar-refractivity contribution in [3.8, 4) is 5.75 Å². The van der Waals surface area contributed by atoms with E-state index >= 15 is 0 Å². The van der Waals surface area contributed by atoms with Crippen LogP contribution in [0.15, 0.2) is 36.4 Å². The first-order chi connectivity index (χ1) is 11.3. The molecule has 2 rings (SSSR count). The first-order valence-corrected chi connectivity index (χ1v) is 7.64. The SMILES string of the molecule is Cc1cc(OC(C)C(=O)Nc2ccc([N+](=O)[O-])cc2C)ccc1Cl. The van der Waals surface area contributed by atoms with Crippen molar-refractivity contribution in [3.05, 3.63) is 62.7 Å². The van der Waals surface area contributed by atoms with E-state index in [1.165, 1.54) is 18.2 Å². The molecule has 1 amide bonds. The van der Waals surface area contributed by atoms with Gasteiger partial charge in [0.15, 0.2) is 6.10 Å². The molecule has 0 aliphatic rings. The molecule has 24 heavy (non-hydrogen) atoms. The van der Waals surface area contributed by atoms with Gasteiger partial charge in [0.25, 0.3) is 11.6 Å². The average molecular weight is 349 g/mol. The Balaban J connectivity index is 2.06. The molecule has 1 unspecified atom stereocenters. The molecule has 0 saturated carbocycles. The van der Waals surface area contributed by atoms with E-state index < -0.39 is 11.0 Å². The summed E-state index contributed by atoms with van der Waals surface area (Å²) >= 11 is 5.96. The number of carbonyl (C=O) groups excluding carboxylic acids is 1. The molecule has 0 spiro atoms. The third kappa shape index (κ3) is 4.23. The summed E-state index contributed by atoms with van der Waals surface area (Å²) in [4.78, 5) is 22.5. The smallest absolute Gasteiger partial charge is 0.269 e. The fourth-order valence-electron chi connectivity index (χ4n) is 2.08. The third-order valence-electron chi connectivity index (χ3n) is 3.49. The largest absolute Gasteiger partial charge is 0.481 e. The van der Waals surface area contributed by atoms with Gasteiger partial charge < -0.3 is 10.1 Å². The van der Waals surface area contributed by atoms with E-state index in [-0.39, 0.29) is 11.6 Å². The minimum Gasteiger partial charge on any atom is -0.481 e. The molecule has 2 aromatic rings. The topological polar surface area (TPSA) is 81.5 Å². The van der Waals surface area contributed by atoms with Gasteiger partial charge in [0.1, 0.15) is 5.75 Å².